The Labute approximate surface area is 147 Å². The van der Waals surface area contributed by atoms with Gasteiger partial charge in [0.2, 0.25) is 0 Å². The van der Waals surface area contributed by atoms with Crippen LogP contribution in [0.2, 0.25) is 0 Å². The average molecular weight is 344 g/mol. The number of ether oxygens (including phenoxy) is 2. The lowest BCUT2D eigenvalue weighted by molar-refractivity contribution is -0.139. The zero-order valence-corrected chi connectivity index (χ0v) is 14.7. The minimum absolute atomic E-state index is 0.00329. The zero-order chi connectivity index (χ0) is 17.6. The molecule has 6 heteroatoms. The lowest BCUT2D eigenvalue weighted by Crippen LogP contribution is -2.51. The molecular weight excluding hydrogens is 320 g/mol. The second-order valence-corrected chi connectivity index (χ2v) is 6.09. The molecule has 0 spiro atoms. The van der Waals surface area contributed by atoms with Crippen LogP contribution in [0.1, 0.15) is 12.7 Å². The topological polar surface area (TPSA) is 55.2 Å². The van der Waals surface area contributed by atoms with Crippen molar-refractivity contribution in [3.63, 3.8) is 0 Å². The van der Waals surface area contributed by atoms with Crippen LogP contribution in [0.4, 0.5) is 0 Å². The van der Waals surface area contributed by atoms with E-state index in [2.05, 4.69) is 4.90 Å². The number of hydrogen-bond acceptors (Lipinski definition) is 5. The Kier molecular flexibility index (Phi) is 5.60. The molecule has 25 heavy (non-hydrogen) atoms. The van der Waals surface area contributed by atoms with E-state index in [1.165, 1.54) is 0 Å². The third kappa shape index (κ3) is 4.33. The summed E-state index contributed by atoms with van der Waals surface area (Å²) >= 11 is 0. The summed E-state index contributed by atoms with van der Waals surface area (Å²) in [7, 11) is 1.59. The fraction of sp³-hybridized carbons (Fsp3) is 0.421. The van der Waals surface area contributed by atoms with Crippen LogP contribution in [0.5, 0.6) is 11.5 Å². The molecule has 1 atom stereocenters. The Hall–Kier alpha value is -2.47. The van der Waals surface area contributed by atoms with Gasteiger partial charge in [-0.05, 0) is 31.2 Å². The highest BCUT2D eigenvalue weighted by atomic mass is 16.5. The Balaban J connectivity index is 1.51. The van der Waals surface area contributed by atoms with Crippen LogP contribution in [0.25, 0.3) is 0 Å². The molecule has 2 aromatic rings. The predicted octanol–water partition coefficient (Wildman–Crippen LogP) is 2.40. The summed E-state index contributed by atoms with van der Waals surface area (Å²) in [5.41, 5.74) is 0. The van der Waals surface area contributed by atoms with Crippen LogP contribution >= 0.6 is 0 Å². The third-order valence-electron chi connectivity index (χ3n) is 4.36. The van der Waals surface area contributed by atoms with E-state index in [-0.39, 0.29) is 5.91 Å². The van der Waals surface area contributed by atoms with Gasteiger partial charge in [0.25, 0.3) is 5.91 Å². The van der Waals surface area contributed by atoms with Crippen molar-refractivity contribution in [2.24, 2.45) is 0 Å². The van der Waals surface area contributed by atoms with Gasteiger partial charge in [0.1, 0.15) is 5.76 Å². The van der Waals surface area contributed by atoms with E-state index in [9.17, 15) is 4.79 Å². The number of nitrogens with zero attached hydrogens (tertiary/aromatic N) is 2. The van der Waals surface area contributed by atoms with Gasteiger partial charge in [-0.15, -0.1) is 0 Å². The van der Waals surface area contributed by atoms with Gasteiger partial charge in [0.15, 0.2) is 17.6 Å². The monoisotopic (exact) mass is 344 g/mol. The van der Waals surface area contributed by atoms with Gasteiger partial charge in [0, 0.05) is 26.2 Å². The van der Waals surface area contributed by atoms with E-state index in [0.29, 0.717) is 24.6 Å². The van der Waals surface area contributed by atoms with Gasteiger partial charge in [-0.25, -0.2) is 0 Å². The molecule has 0 aliphatic carbocycles. The summed E-state index contributed by atoms with van der Waals surface area (Å²) in [4.78, 5) is 16.8. The lowest BCUT2D eigenvalue weighted by Gasteiger charge is -2.35. The van der Waals surface area contributed by atoms with E-state index in [0.717, 1.165) is 25.4 Å². The van der Waals surface area contributed by atoms with Crippen LogP contribution in [0, 0.1) is 0 Å². The van der Waals surface area contributed by atoms with Gasteiger partial charge in [-0.3, -0.25) is 9.69 Å². The molecule has 3 rings (SSSR count). The Morgan fingerprint density at radius 2 is 1.84 bits per heavy atom. The molecular formula is C19H24N2O4. The van der Waals surface area contributed by atoms with Crippen LogP contribution < -0.4 is 9.47 Å². The number of piperazine rings is 1. The highest BCUT2D eigenvalue weighted by molar-refractivity contribution is 5.81. The molecule has 2 heterocycles. The Morgan fingerprint density at radius 1 is 1.12 bits per heavy atom. The predicted molar refractivity (Wildman–Crippen MR) is 93.6 cm³/mol. The number of para-hydroxylation sites is 2. The molecule has 1 aromatic carbocycles. The molecule has 1 aliphatic heterocycles. The van der Waals surface area contributed by atoms with E-state index in [1.807, 2.05) is 41.3 Å². The van der Waals surface area contributed by atoms with Crippen molar-refractivity contribution < 1.29 is 18.7 Å². The molecule has 0 radical (unpaired) electrons. The van der Waals surface area contributed by atoms with Crippen LogP contribution in [0.15, 0.2) is 47.1 Å². The van der Waals surface area contributed by atoms with Gasteiger partial charge in [-0.2, -0.15) is 0 Å². The number of benzene rings is 1. The summed E-state index contributed by atoms with van der Waals surface area (Å²) in [6.45, 7) is 5.60. The quantitative estimate of drug-likeness (QED) is 0.805. The largest absolute Gasteiger partial charge is 0.493 e. The first-order valence-corrected chi connectivity index (χ1v) is 8.50. The highest BCUT2D eigenvalue weighted by Gasteiger charge is 2.26. The second-order valence-electron chi connectivity index (χ2n) is 6.09. The van der Waals surface area contributed by atoms with Crippen molar-refractivity contribution in [3.05, 3.63) is 48.4 Å². The summed E-state index contributed by atoms with van der Waals surface area (Å²) in [6.07, 6.45) is 1.14. The molecule has 1 fully saturated rings. The number of carbonyl (C=O) groups is 1. The van der Waals surface area contributed by atoms with Crippen molar-refractivity contribution in [3.8, 4) is 11.5 Å². The van der Waals surface area contributed by atoms with Gasteiger partial charge in [-0.1, -0.05) is 12.1 Å². The Morgan fingerprint density at radius 3 is 2.48 bits per heavy atom. The molecule has 1 aromatic heterocycles. The molecule has 1 aliphatic rings. The molecule has 0 saturated carbocycles. The van der Waals surface area contributed by atoms with Crippen LogP contribution in [-0.2, 0) is 11.3 Å². The third-order valence-corrected chi connectivity index (χ3v) is 4.36. The van der Waals surface area contributed by atoms with E-state index in [4.69, 9.17) is 13.9 Å². The van der Waals surface area contributed by atoms with Gasteiger partial charge < -0.3 is 18.8 Å². The zero-order valence-electron chi connectivity index (χ0n) is 14.7. The maximum absolute atomic E-state index is 12.6. The van der Waals surface area contributed by atoms with Gasteiger partial charge >= 0.3 is 0 Å². The first-order chi connectivity index (χ1) is 12.2. The number of hydrogen-bond donors (Lipinski definition) is 0. The minimum atomic E-state index is -0.548. The first-order valence-electron chi connectivity index (χ1n) is 8.50. The summed E-state index contributed by atoms with van der Waals surface area (Å²) in [6, 6.07) is 11.2. The SMILES string of the molecule is COc1ccccc1O[C@H](C)C(=O)N1CCN(Cc2ccco2)CC1. The van der Waals surface area contributed by atoms with Crippen molar-refractivity contribution in [1.29, 1.82) is 0 Å². The van der Waals surface area contributed by atoms with E-state index < -0.39 is 6.10 Å². The summed E-state index contributed by atoms with van der Waals surface area (Å²) in [5, 5.41) is 0. The highest BCUT2D eigenvalue weighted by Crippen LogP contribution is 2.27. The first kappa shape index (κ1) is 17.4. The second kappa shape index (κ2) is 8.07. The molecule has 1 saturated heterocycles. The maximum Gasteiger partial charge on any atom is 0.263 e. The summed E-state index contributed by atoms with van der Waals surface area (Å²) < 4.78 is 16.5. The fourth-order valence-corrected chi connectivity index (χ4v) is 2.96. The van der Waals surface area contributed by atoms with E-state index >= 15 is 0 Å². The maximum atomic E-state index is 12.6. The molecule has 134 valence electrons. The number of carbonyl (C=O) groups excluding carboxylic acids is 1. The summed E-state index contributed by atoms with van der Waals surface area (Å²) in [5.74, 6) is 2.17. The molecule has 0 bridgehead atoms. The van der Waals surface area contributed by atoms with Gasteiger partial charge in [0.05, 0.1) is 19.9 Å². The smallest absolute Gasteiger partial charge is 0.263 e. The molecule has 0 unspecified atom stereocenters. The molecule has 6 nitrogen and oxygen atoms in total. The lowest BCUT2D eigenvalue weighted by atomic mass is 10.2. The van der Waals surface area contributed by atoms with Crippen molar-refractivity contribution >= 4 is 5.91 Å². The number of amides is 1. The molecule has 0 N–H and O–H groups in total. The number of rotatable bonds is 6. The Bertz CT molecular complexity index is 678. The van der Waals surface area contributed by atoms with E-state index in [1.54, 1.807) is 20.3 Å². The molecule has 1 amide bonds. The normalized spacial score (nSPS) is 16.5. The standard InChI is InChI=1S/C19H24N2O4/c1-15(25-18-8-4-3-7-17(18)23-2)19(22)21-11-9-20(10-12-21)14-16-6-5-13-24-16/h3-8,13,15H,9-12,14H2,1-2H3/t15-/m1/s1. The van der Waals surface area contributed by atoms with Crippen LogP contribution in [0.3, 0.4) is 0 Å². The average Bonchev–Trinajstić information content (AvgIpc) is 3.15. The fourth-order valence-electron chi connectivity index (χ4n) is 2.96. The van der Waals surface area contributed by atoms with Crippen molar-refractivity contribution in [1.82, 2.24) is 9.80 Å². The minimum Gasteiger partial charge on any atom is -0.493 e. The number of furan rings is 1. The van der Waals surface area contributed by atoms with Crippen molar-refractivity contribution in [2.45, 2.75) is 19.6 Å². The van der Waals surface area contributed by atoms with Crippen LogP contribution in [-0.4, -0.2) is 55.1 Å². The number of methoxy groups -OCH3 is 1. The van der Waals surface area contributed by atoms with Crippen molar-refractivity contribution in [2.75, 3.05) is 33.3 Å².